The van der Waals surface area contributed by atoms with Crippen LogP contribution in [0, 0.1) is 0 Å². The largest absolute Gasteiger partial charge is 0.375 e. The first-order chi connectivity index (χ1) is 13.0. The minimum atomic E-state index is -3.65. The highest BCUT2D eigenvalue weighted by Crippen LogP contribution is 2.25. The molecule has 9 nitrogen and oxygen atoms in total. The van der Waals surface area contributed by atoms with E-state index in [-0.39, 0.29) is 48.4 Å². The predicted octanol–water partition coefficient (Wildman–Crippen LogP) is 0.195. The number of fused-ring (bicyclic) bond motifs is 1. The molecule has 2 atom stereocenters. The van der Waals surface area contributed by atoms with Gasteiger partial charge in [0.1, 0.15) is 16.6 Å². The van der Waals surface area contributed by atoms with Crippen LogP contribution in [0.4, 0.5) is 0 Å². The summed E-state index contributed by atoms with van der Waals surface area (Å²) in [4.78, 5) is 21.7. The van der Waals surface area contributed by atoms with Gasteiger partial charge in [-0.3, -0.25) is 4.79 Å². The van der Waals surface area contributed by atoms with Crippen molar-refractivity contribution in [3.8, 4) is 0 Å². The zero-order valence-corrected chi connectivity index (χ0v) is 17.1. The van der Waals surface area contributed by atoms with Gasteiger partial charge in [0.2, 0.25) is 15.9 Å². The molecule has 1 amide bonds. The van der Waals surface area contributed by atoms with Gasteiger partial charge in [-0.1, -0.05) is 0 Å². The number of rotatable bonds is 3. The molecule has 4 heterocycles. The Balaban J connectivity index is 0.00000225. The molecular formula is C17H24ClN5O4S. The molecule has 0 bridgehead atoms. The first-order valence-corrected chi connectivity index (χ1v) is 10.5. The van der Waals surface area contributed by atoms with Crippen molar-refractivity contribution in [2.45, 2.75) is 24.0 Å². The van der Waals surface area contributed by atoms with E-state index in [1.807, 2.05) is 6.92 Å². The number of aromatic amines is 1. The number of hydrogen-bond acceptors (Lipinski definition) is 6. The van der Waals surface area contributed by atoms with Crippen LogP contribution in [-0.2, 0) is 19.6 Å². The van der Waals surface area contributed by atoms with E-state index >= 15 is 0 Å². The van der Waals surface area contributed by atoms with Crippen LogP contribution >= 0.6 is 12.4 Å². The molecule has 0 aromatic carbocycles. The first-order valence-electron chi connectivity index (χ1n) is 9.04. The molecule has 0 radical (unpaired) electrons. The van der Waals surface area contributed by atoms with Gasteiger partial charge in [-0.25, -0.2) is 13.4 Å². The number of carbonyl (C=O) groups excluding carboxylic acids is 1. The minimum absolute atomic E-state index is 0. The van der Waals surface area contributed by atoms with E-state index in [1.54, 1.807) is 23.2 Å². The quantitative estimate of drug-likeness (QED) is 0.721. The summed E-state index contributed by atoms with van der Waals surface area (Å²) in [5.41, 5.74) is 0.544. The van der Waals surface area contributed by atoms with E-state index in [1.165, 1.54) is 10.5 Å². The van der Waals surface area contributed by atoms with Crippen LogP contribution in [0.5, 0.6) is 0 Å². The number of piperazine rings is 1. The van der Waals surface area contributed by atoms with E-state index in [0.717, 1.165) is 0 Å². The molecule has 28 heavy (non-hydrogen) atoms. The summed E-state index contributed by atoms with van der Waals surface area (Å²) in [5.74, 6) is -0.0319. The lowest BCUT2D eigenvalue weighted by Gasteiger charge is -2.38. The fourth-order valence-electron chi connectivity index (χ4n) is 3.64. The first kappa shape index (κ1) is 21.0. The van der Waals surface area contributed by atoms with Crippen LogP contribution in [-0.4, -0.2) is 85.0 Å². The number of morpholine rings is 1. The number of nitrogens with one attached hydrogen (secondary N) is 2. The smallest absolute Gasteiger partial charge is 0.245 e. The number of H-pyrrole nitrogens is 1. The second-order valence-electron chi connectivity index (χ2n) is 6.79. The summed E-state index contributed by atoms with van der Waals surface area (Å²) >= 11 is 0. The van der Waals surface area contributed by atoms with Crippen molar-refractivity contribution < 1.29 is 17.9 Å². The Morgan fingerprint density at radius 1 is 1.29 bits per heavy atom. The summed E-state index contributed by atoms with van der Waals surface area (Å²) in [7, 11) is -3.65. The number of carbonyl (C=O) groups is 1. The van der Waals surface area contributed by atoms with Crippen molar-refractivity contribution in [3.63, 3.8) is 0 Å². The number of ether oxygens (including phenoxy) is 1. The van der Waals surface area contributed by atoms with Crippen molar-refractivity contribution in [1.29, 1.82) is 0 Å². The molecule has 2 aliphatic rings. The van der Waals surface area contributed by atoms with E-state index < -0.39 is 10.0 Å². The number of halogens is 1. The molecule has 2 N–H and O–H groups in total. The van der Waals surface area contributed by atoms with E-state index in [2.05, 4.69) is 15.3 Å². The van der Waals surface area contributed by atoms with Crippen molar-refractivity contribution in [2.75, 3.05) is 39.3 Å². The SMILES string of the molecule is C[C@H]1OCCN[C@@H]1C(=O)N1CCN(S(=O)(=O)c2c[nH]c3ncccc23)CC1.Cl. The maximum atomic E-state index is 13.0. The lowest BCUT2D eigenvalue weighted by Crippen LogP contribution is -2.60. The number of hydrogen-bond donors (Lipinski definition) is 2. The van der Waals surface area contributed by atoms with E-state index in [0.29, 0.717) is 37.3 Å². The van der Waals surface area contributed by atoms with E-state index in [9.17, 15) is 13.2 Å². The molecule has 11 heteroatoms. The zero-order valence-electron chi connectivity index (χ0n) is 15.5. The summed E-state index contributed by atoms with van der Waals surface area (Å²) in [6.45, 7) is 4.37. The highest BCUT2D eigenvalue weighted by Gasteiger charge is 2.36. The minimum Gasteiger partial charge on any atom is -0.375 e. The maximum absolute atomic E-state index is 13.0. The van der Waals surface area contributed by atoms with Gasteiger partial charge >= 0.3 is 0 Å². The van der Waals surface area contributed by atoms with Crippen LogP contribution in [0.2, 0.25) is 0 Å². The Morgan fingerprint density at radius 3 is 2.75 bits per heavy atom. The summed E-state index contributed by atoms with van der Waals surface area (Å²) in [6.07, 6.45) is 2.91. The maximum Gasteiger partial charge on any atom is 0.245 e. The van der Waals surface area contributed by atoms with Gasteiger partial charge in [-0.15, -0.1) is 12.4 Å². The second-order valence-corrected chi connectivity index (χ2v) is 8.70. The molecule has 154 valence electrons. The molecule has 0 unspecified atom stereocenters. The topological polar surface area (TPSA) is 108 Å². The number of aromatic nitrogens is 2. The monoisotopic (exact) mass is 429 g/mol. The highest BCUT2D eigenvalue weighted by molar-refractivity contribution is 7.89. The Morgan fingerprint density at radius 2 is 2.04 bits per heavy atom. The molecule has 4 rings (SSSR count). The number of nitrogens with zero attached hydrogens (tertiary/aromatic N) is 3. The summed E-state index contributed by atoms with van der Waals surface area (Å²) in [6, 6.07) is 3.08. The predicted molar refractivity (Wildman–Crippen MR) is 106 cm³/mol. The molecule has 0 spiro atoms. The highest BCUT2D eigenvalue weighted by atomic mass is 35.5. The molecular weight excluding hydrogens is 406 g/mol. The number of amides is 1. The summed E-state index contributed by atoms with van der Waals surface area (Å²) < 4.78 is 33.0. The van der Waals surface area contributed by atoms with Gasteiger partial charge in [-0.05, 0) is 19.1 Å². The van der Waals surface area contributed by atoms with Crippen LogP contribution in [0.25, 0.3) is 11.0 Å². The summed E-state index contributed by atoms with van der Waals surface area (Å²) in [5, 5.41) is 3.77. The van der Waals surface area contributed by atoms with E-state index in [4.69, 9.17) is 4.74 Å². The third-order valence-electron chi connectivity index (χ3n) is 5.16. The third-order valence-corrected chi connectivity index (χ3v) is 7.10. The normalized spacial score (nSPS) is 24.1. The molecule has 0 aliphatic carbocycles. The molecule has 2 aromatic heterocycles. The average Bonchev–Trinajstić information content (AvgIpc) is 3.13. The fourth-order valence-corrected chi connectivity index (χ4v) is 5.21. The molecule has 2 aromatic rings. The van der Waals surface area contributed by atoms with Gasteiger partial charge in [0.25, 0.3) is 0 Å². The van der Waals surface area contributed by atoms with Crippen LogP contribution < -0.4 is 5.32 Å². The lowest BCUT2D eigenvalue weighted by molar-refractivity contribution is -0.140. The molecule has 2 aliphatic heterocycles. The third kappa shape index (κ3) is 3.74. The van der Waals surface area contributed by atoms with Crippen LogP contribution in [0.15, 0.2) is 29.4 Å². The van der Waals surface area contributed by atoms with Gasteiger partial charge in [0, 0.05) is 50.5 Å². The van der Waals surface area contributed by atoms with Crippen molar-refractivity contribution in [3.05, 3.63) is 24.5 Å². The Kier molecular flexibility index (Phi) is 6.25. The zero-order chi connectivity index (χ0) is 19.0. The van der Waals surface area contributed by atoms with Crippen molar-refractivity contribution in [1.82, 2.24) is 24.5 Å². The van der Waals surface area contributed by atoms with Gasteiger partial charge in [-0.2, -0.15) is 4.31 Å². The standard InChI is InChI=1S/C17H23N5O4S.ClH/c1-12-15(18-5-10-26-12)17(23)21-6-8-22(9-7-21)27(24,25)14-11-20-16-13(14)3-2-4-19-16;/h2-4,11-12,15,18H,5-10H2,1H3,(H,19,20);1H/t12-,15+;/m1./s1. The van der Waals surface area contributed by atoms with Crippen LogP contribution in [0.3, 0.4) is 0 Å². The molecule has 2 saturated heterocycles. The second kappa shape index (κ2) is 8.34. The van der Waals surface area contributed by atoms with Crippen molar-refractivity contribution >= 4 is 39.4 Å². The van der Waals surface area contributed by atoms with Crippen molar-refractivity contribution in [2.24, 2.45) is 0 Å². The molecule has 0 saturated carbocycles. The average molecular weight is 430 g/mol. The Bertz CT molecular complexity index is 942. The van der Waals surface area contributed by atoms with Gasteiger partial charge in [0.05, 0.1) is 12.7 Å². The van der Waals surface area contributed by atoms with Gasteiger partial charge in [0.15, 0.2) is 0 Å². The lowest BCUT2D eigenvalue weighted by atomic mass is 10.1. The number of pyridine rings is 1. The Hall–Kier alpha value is -1.72. The van der Waals surface area contributed by atoms with Crippen LogP contribution in [0.1, 0.15) is 6.92 Å². The molecule has 2 fully saturated rings. The fraction of sp³-hybridized carbons (Fsp3) is 0.529. The van der Waals surface area contributed by atoms with Gasteiger partial charge < -0.3 is 19.9 Å². The number of sulfonamides is 1. The Labute approximate surface area is 169 Å².